The van der Waals surface area contributed by atoms with Gasteiger partial charge in [0.2, 0.25) is 11.8 Å². The molecule has 0 spiro atoms. The third kappa shape index (κ3) is 6.83. The summed E-state index contributed by atoms with van der Waals surface area (Å²) in [4.78, 5) is 30.3. The van der Waals surface area contributed by atoms with E-state index < -0.39 is 0 Å². The van der Waals surface area contributed by atoms with E-state index in [-0.39, 0.29) is 23.1 Å². The van der Waals surface area contributed by atoms with Crippen LogP contribution in [-0.2, 0) is 16.1 Å². The van der Waals surface area contributed by atoms with Crippen LogP contribution in [0.1, 0.15) is 70.4 Å². The molecule has 1 aliphatic carbocycles. The molecule has 1 unspecified atom stereocenters. The number of nitrogens with one attached hydrogen (secondary N) is 1. The monoisotopic (exact) mass is 449 g/mol. The van der Waals surface area contributed by atoms with Gasteiger partial charge in [-0.05, 0) is 54.0 Å². The largest absolute Gasteiger partial charge is 0.377 e. The number of amides is 2. The molecule has 0 bridgehead atoms. The number of carbonyl (C=O) groups is 2. The Morgan fingerprint density at radius 3 is 2.27 bits per heavy atom. The van der Waals surface area contributed by atoms with Gasteiger partial charge in [-0.15, -0.1) is 0 Å². The lowest BCUT2D eigenvalue weighted by molar-refractivity contribution is -0.134. The average molecular weight is 450 g/mol. The molecule has 0 radical (unpaired) electrons. The van der Waals surface area contributed by atoms with Crippen molar-refractivity contribution in [1.82, 2.24) is 4.90 Å². The van der Waals surface area contributed by atoms with Gasteiger partial charge in [-0.2, -0.15) is 0 Å². The number of hydrogen-bond donors (Lipinski definition) is 1. The Labute approximate surface area is 199 Å². The van der Waals surface area contributed by atoms with E-state index in [0.717, 1.165) is 41.8 Å². The van der Waals surface area contributed by atoms with Crippen LogP contribution >= 0.6 is 0 Å². The van der Waals surface area contributed by atoms with Crippen LogP contribution in [0.3, 0.4) is 0 Å². The van der Waals surface area contributed by atoms with Gasteiger partial charge in [0.05, 0.1) is 5.92 Å². The van der Waals surface area contributed by atoms with Crippen LogP contribution in [0.25, 0.3) is 0 Å². The maximum Gasteiger partial charge on any atom is 0.230 e. The summed E-state index contributed by atoms with van der Waals surface area (Å²) in [5.41, 5.74) is 3.90. The van der Waals surface area contributed by atoms with E-state index in [1.807, 2.05) is 62.6 Å². The van der Waals surface area contributed by atoms with Crippen molar-refractivity contribution in [2.24, 2.45) is 5.41 Å². The van der Waals surface area contributed by atoms with Crippen LogP contribution in [0.4, 0.5) is 11.4 Å². The molecule has 2 aromatic carbocycles. The second-order valence-corrected chi connectivity index (χ2v) is 10.6. The Morgan fingerprint density at radius 1 is 1.06 bits per heavy atom. The molecule has 0 saturated heterocycles. The molecule has 0 aromatic heterocycles. The molecule has 2 aromatic rings. The van der Waals surface area contributed by atoms with Crippen molar-refractivity contribution in [1.29, 1.82) is 0 Å². The lowest BCUT2D eigenvalue weighted by Crippen LogP contribution is -2.36. The van der Waals surface area contributed by atoms with Crippen molar-refractivity contribution < 1.29 is 9.59 Å². The molecule has 5 nitrogen and oxygen atoms in total. The van der Waals surface area contributed by atoms with Crippen molar-refractivity contribution in [3.63, 3.8) is 0 Å². The van der Waals surface area contributed by atoms with Crippen LogP contribution in [-0.4, -0.2) is 36.9 Å². The van der Waals surface area contributed by atoms with Gasteiger partial charge < -0.3 is 15.1 Å². The first-order chi connectivity index (χ1) is 15.6. The summed E-state index contributed by atoms with van der Waals surface area (Å²) in [6.07, 6.45) is 3.34. The number of carbonyl (C=O) groups excluding carboxylic acids is 2. The number of anilines is 2. The van der Waals surface area contributed by atoms with E-state index in [1.54, 1.807) is 0 Å². The van der Waals surface area contributed by atoms with Gasteiger partial charge in [0, 0.05) is 44.5 Å². The Balaban J connectivity index is 1.86. The molecule has 1 aliphatic rings. The fourth-order valence-electron chi connectivity index (χ4n) is 4.31. The summed E-state index contributed by atoms with van der Waals surface area (Å²) in [6.45, 7) is 8.80. The number of hydrogen-bond acceptors (Lipinski definition) is 3. The first-order valence-electron chi connectivity index (χ1n) is 12.0. The highest BCUT2D eigenvalue weighted by atomic mass is 16.2. The first kappa shape index (κ1) is 24.8. The lowest BCUT2D eigenvalue weighted by Gasteiger charge is -2.29. The zero-order valence-electron chi connectivity index (χ0n) is 21.0. The predicted molar refractivity (Wildman–Crippen MR) is 137 cm³/mol. The maximum absolute atomic E-state index is 13.7. The molecule has 2 amide bonds. The zero-order chi connectivity index (χ0) is 24.2. The van der Waals surface area contributed by atoms with Gasteiger partial charge >= 0.3 is 0 Å². The summed E-state index contributed by atoms with van der Waals surface area (Å²) in [5, 5.41) is 3.05. The van der Waals surface area contributed by atoms with E-state index in [2.05, 4.69) is 42.8 Å². The lowest BCUT2D eigenvalue weighted by atomic mass is 9.92. The Kier molecular flexibility index (Phi) is 7.83. The summed E-state index contributed by atoms with van der Waals surface area (Å²) in [6, 6.07) is 16.4. The van der Waals surface area contributed by atoms with Gasteiger partial charge in [0.25, 0.3) is 0 Å². The van der Waals surface area contributed by atoms with Crippen LogP contribution in [0, 0.1) is 5.41 Å². The summed E-state index contributed by atoms with van der Waals surface area (Å²) >= 11 is 0. The minimum absolute atomic E-state index is 0.0105. The summed E-state index contributed by atoms with van der Waals surface area (Å²) in [7, 11) is 4.03. The highest BCUT2D eigenvalue weighted by Gasteiger charge is 2.36. The van der Waals surface area contributed by atoms with Crippen LogP contribution < -0.4 is 10.2 Å². The Morgan fingerprint density at radius 2 is 1.73 bits per heavy atom. The molecule has 1 fully saturated rings. The highest BCUT2D eigenvalue weighted by Crippen LogP contribution is 2.35. The fraction of sp³-hybridized carbons (Fsp3) is 0.500. The predicted octanol–water partition coefficient (Wildman–Crippen LogP) is 5.81. The van der Waals surface area contributed by atoms with Gasteiger partial charge in [0.1, 0.15) is 0 Å². The highest BCUT2D eigenvalue weighted by molar-refractivity contribution is 5.91. The second kappa shape index (κ2) is 10.4. The van der Waals surface area contributed by atoms with Crippen LogP contribution in [0.2, 0.25) is 0 Å². The Bertz CT molecular complexity index is 959. The molecule has 178 valence electrons. The quantitative estimate of drug-likeness (QED) is 0.525. The standard InChI is InChI=1S/C28H39N3O2/c1-7-24(20-11-9-8-10-12-20)27(33)31(23-14-15-23)19-21-17-22(13-16-25(21)30(5)6)29-26(32)18-28(2,3)4/h8-13,16-17,23-24H,7,14-15,18-19H2,1-6H3,(H,29,32). The smallest absolute Gasteiger partial charge is 0.230 e. The maximum atomic E-state index is 13.7. The molecular weight excluding hydrogens is 410 g/mol. The fourth-order valence-corrected chi connectivity index (χ4v) is 4.31. The van der Waals surface area contributed by atoms with Crippen LogP contribution in [0.15, 0.2) is 48.5 Å². The third-order valence-corrected chi connectivity index (χ3v) is 6.06. The van der Waals surface area contributed by atoms with Crippen molar-refractivity contribution in [3.05, 3.63) is 59.7 Å². The van der Waals surface area contributed by atoms with Gasteiger partial charge in [-0.25, -0.2) is 0 Å². The van der Waals surface area contributed by atoms with E-state index in [0.29, 0.717) is 19.0 Å². The minimum atomic E-state index is -0.135. The molecule has 3 rings (SSSR count). The van der Waals surface area contributed by atoms with Gasteiger partial charge in [-0.3, -0.25) is 9.59 Å². The van der Waals surface area contributed by atoms with E-state index in [4.69, 9.17) is 0 Å². The number of rotatable bonds is 9. The molecule has 0 aliphatic heterocycles. The molecule has 1 atom stereocenters. The summed E-state index contributed by atoms with van der Waals surface area (Å²) < 4.78 is 0. The number of benzene rings is 2. The van der Waals surface area contributed by atoms with Crippen molar-refractivity contribution in [2.75, 3.05) is 24.3 Å². The van der Waals surface area contributed by atoms with E-state index >= 15 is 0 Å². The second-order valence-electron chi connectivity index (χ2n) is 10.6. The van der Waals surface area contributed by atoms with Crippen molar-refractivity contribution in [2.45, 2.75) is 71.9 Å². The summed E-state index contributed by atoms with van der Waals surface area (Å²) in [5.74, 6) is 0.0682. The normalized spacial score (nSPS) is 14.5. The van der Waals surface area contributed by atoms with Crippen molar-refractivity contribution >= 4 is 23.2 Å². The average Bonchev–Trinajstić information content (AvgIpc) is 3.57. The Hall–Kier alpha value is -2.82. The molecular formula is C28H39N3O2. The van der Waals surface area contributed by atoms with E-state index in [1.165, 1.54) is 0 Å². The molecule has 33 heavy (non-hydrogen) atoms. The topological polar surface area (TPSA) is 52.7 Å². The molecule has 0 heterocycles. The van der Waals surface area contributed by atoms with Gasteiger partial charge in [-0.1, -0.05) is 58.0 Å². The van der Waals surface area contributed by atoms with Crippen molar-refractivity contribution in [3.8, 4) is 0 Å². The van der Waals surface area contributed by atoms with Crippen LogP contribution in [0.5, 0.6) is 0 Å². The SMILES string of the molecule is CCC(C(=O)N(Cc1cc(NC(=O)CC(C)(C)C)ccc1N(C)C)C1CC1)c1ccccc1. The molecule has 1 N–H and O–H groups in total. The molecule has 1 saturated carbocycles. The number of nitrogens with zero attached hydrogens (tertiary/aromatic N) is 2. The zero-order valence-corrected chi connectivity index (χ0v) is 21.0. The van der Waals surface area contributed by atoms with E-state index in [9.17, 15) is 9.59 Å². The van der Waals surface area contributed by atoms with Gasteiger partial charge in [0.15, 0.2) is 0 Å². The minimum Gasteiger partial charge on any atom is -0.377 e. The third-order valence-electron chi connectivity index (χ3n) is 6.06. The molecule has 5 heteroatoms. The first-order valence-corrected chi connectivity index (χ1v) is 12.0.